The van der Waals surface area contributed by atoms with Crippen LogP contribution in [0.1, 0.15) is 50.0 Å². The SMILES string of the molecule is CC(C)C1CCCCC1NC(=O)c1cccc(NN)n1. The maximum Gasteiger partial charge on any atom is 0.270 e. The van der Waals surface area contributed by atoms with Gasteiger partial charge in [-0.15, -0.1) is 0 Å². The third-order valence-electron chi connectivity index (χ3n) is 4.12. The molecular weight excluding hydrogens is 252 g/mol. The molecule has 0 saturated heterocycles. The lowest BCUT2D eigenvalue weighted by atomic mass is 9.78. The fourth-order valence-electron chi connectivity index (χ4n) is 3.02. The standard InChI is InChI=1S/C15H24N4O/c1-10(2)11-6-3-4-7-12(11)18-15(20)13-8-5-9-14(17-13)19-16/h5,8-12H,3-4,6-7,16H2,1-2H3,(H,17,19)(H,18,20). The lowest BCUT2D eigenvalue weighted by molar-refractivity contribution is 0.0884. The van der Waals surface area contributed by atoms with Crippen LogP contribution in [0.25, 0.3) is 0 Å². The summed E-state index contributed by atoms with van der Waals surface area (Å²) in [5, 5.41) is 3.15. The second kappa shape index (κ2) is 6.70. The van der Waals surface area contributed by atoms with Crippen LogP contribution in [-0.4, -0.2) is 16.9 Å². The van der Waals surface area contributed by atoms with Gasteiger partial charge in [0.2, 0.25) is 0 Å². The molecule has 20 heavy (non-hydrogen) atoms. The van der Waals surface area contributed by atoms with E-state index >= 15 is 0 Å². The molecule has 110 valence electrons. The molecule has 2 unspecified atom stereocenters. The maximum absolute atomic E-state index is 12.3. The van der Waals surface area contributed by atoms with Gasteiger partial charge in [-0.1, -0.05) is 32.8 Å². The van der Waals surface area contributed by atoms with Gasteiger partial charge >= 0.3 is 0 Å². The highest BCUT2D eigenvalue weighted by Gasteiger charge is 2.29. The molecule has 1 aromatic heterocycles. The molecule has 1 fully saturated rings. The summed E-state index contributed by atoms with van der Waals surface area (Å²) in [7, 11) is 0. The molecule has 1 aliphatic rings. The lowest BCUT2D eigenvalue weighted by Crippen LogP contribution is -2.44. The molecule has 2 atom stereocenters. The Bertz CT molecular complexity index is 461. The summed E-state index contributed by atoms with van der Waals surface area (Å²) >= 11 is 0. The van der Waals surface area contributed by atoms with Crippen molar-refractivity contribution < 1.29 is 4.79 Å². The predicted octanol–water partition coefficient (Wildman–Crippen LogP) is 2.31. The number of hydrogen-bond donors (Lipinski definition) is 3. The van der Waals surface area contributed by atoms with E-state index < -0.39 is 0 Å². The summed E-state index contributed by atoms with van der Waals surface area (Å²) < 4.78 is 0. The second-order valence-electron chi connectivity index (χ2n) is 5.82. The van der Waals surface area contributed by atoms with Crippen molar-refractivity contribution in [2.24, 2.45) is 17.7 Å². The van der Waals surface area contributed by atoms with E-state index in [1.165, 1.54) is 19.3 Å². The number of amides is 1. The van der Waals surface area contributed by atoms with Crippen LogP contribution in [0.3, 0.4) is 0 Å². The summed E-state index contributed by atoms with van der Waals surface area (Å²) in [5.41, 5.74) is 2.87. The van der Waals surface area contributed by atoms with Crippen LogP contribution in [-0.2, 0) is 0 Å². The van der Waals surface area contributed by atoms with Gasteiger partial charge in [-0.25, -0.2) is 10.8 Å². The van der Waals surface area contributed by atoms with Crippen LogP contribution in [0.4, 0.5) is 5.82 Å². The van der Waals surface area contributed by atoms with E-state index in [9.17, 15) is 4.79 Å². The van der Waals surface area contributed by atoms with Crippen molar-refractivity contribution in [3.63, 3.8) is 0 Å². The number of nitrogens with one attached hydrogen (secondary N) is 2. The van der Waals surface area contributed by atoms with Gasteiger partial charge in [0.1, 0.15) is 11.5 Å². The van der Waals surface area contributed by atoms with E-state index in [0.29, 0.717) is 23.3 Å². The first-order valence-corrected chi connectivity index (χ1v) is 7.36. The fraction of sp³-hybridized carbons (Fsp3) is 0.600. The molecule has 1 aliphatic carbocycles. The first kappa shape index (κ1) is 14.8. The third-order valence-corrected chi connectivity index (χ3v) is 4.12. The molecule has 1 amide bonds. The van der Waals surface area contributed by atoms with Crippen LogP contribution in [0.5, 0.6) is 0 Å². The number of carbonyl (C=O) groups excluding carboxylic acids is 1. The Balaban J connectivity index is 2.05. The number of carbonyl (C=O) groups is 1. The number of hydrazine groups is 1. The molecule has 0 spiro atoms. The van der Waals surface area contributed by atoms with Crippen molar-refractivity contribution in [2.75, 3.05) is 5.43 Å². The minimum absolute atomic E-state index is 0.111. The van der Waals surface area contributed by atoms with Gasteiger partial charge in [0.15, 0.2) is 0 Å². The molecule has 0 bridgehead atoms. The number of nitrogens with zero attached hydrogens (tertiary/aromatic N) is 1. The highest BCUT2D eigenvalue weighted by atomic mass is 16.1. The zero-order valence-electron chi connectivity index (χ0n) is 12.2. The molecule has 5 heteroatoms. The van der Waals surface area contributed by atoms with Crippen molar-refractivity contribution in [1.29, 1.82) is 0 Å². The van der Waals surface area contributed by atoms with Gasteiger partial charge in [0.05, 0.1) is 0 Å². The third kappa shape index (κ3) is 3.48. The first-order chi connectivity index (χ1) is 9.61. The number of anilines is 1. The Hall–Kier alpha value is -1.62. The minimum Gasteiger partial charge on any atom is -0.348 e. The number of rotatable bonds is 4. The number of nitrogens with two attached hydrogens (primary N) is 1. The minimum atomic E-state index is -0.111. The van der Waals surface area contributed by atoms with Gasteiger partial charge in [-0.05, 0) is 36.8 Å². The van der Waals surface area contributed by atoms with Gasteiger partial charge in [0, 0.05) is 6.04 Å². The predicted molar refractivity (Wildman–Crippen MR) is 80.1 cm³/mol. The molecule has 1 aromatic rings. The van der Waals surface area contributed by atoms with Crippen LogP contribution in [0.2, 0.25) is 0 Å². The average molecular weight is 276 g/mol. The van der Waals surface area contributed by atoms with E-state index in [1.807, 2.05) is 0 Å². The monoisotopic (exact) mass is 276 g/mol. The Labute approximate surface area is 120 Å². The highest BCUT2D eigenvalue weighted by Crippen LogP contribution is 2.30. The van der Waals surface area contributed by atoms with E-state index in [1.54, 1.807) is 18.2 Å². The summed E-state index contributed by atoms with van der Waals surface area (Å²) in [4.78, 5) is 16.5. The van der Waals surface area contributed by atoms with E-state index in [4.69, 9.17) is 5.84 Å². The topological polar surface area (TPSA) is 80.0 Å². The Morgan fingerprint density at radius 3 is 2.80 bits per heavy atom. The second-order valence-corrected chi connectivity index (χ2v) is 5.82. The van der Waals surface area contributed by atoms with Gasteiger partial charge in [-0.2, -0.15) is 0 Å². The summed E-state index contributed by atoms with van der Waals surface area (Å²) in [6, 6.07) is 5.47. The quantitative estimate of drug-likeness (QED) is 0.582. The summed E-state index contributed by atoms with van der Waals surface area (Å²) in [6.07, 6.45) is 4.70. The molecule has 5 nitrogen and oxygen atoms in total. The molecule has 1 saturated carbocycles. The van der Waals surface area contributed by atoms with Crippen LogP contribution >= 0.6 is 0 Å². The number of aromatic nitrogens is 1. The molecular formula is C15H24N4O. The number of pyridine rings is 1. The normalized spacial score (nSPS) is 22.6. The van der Waals surface area contributed by atoms with Gasteiger partial charge in [-0.3, -0.25) is 4.79 Å². The summed E-state index contributed by atoms with van der Waals surface area (Å²) in [5.74, 6) is 6.86. The van der Waals surface area contributed by atoms with Gasteiger partial charge < -0.3 is 10.7 Å². The smallest absolute Gasteiger partial charge is 0.270 e. The van der Waals surface area contributed by atoms with Crippen molar-refractivity contribution in [1.82, 2.24) is 10.3 Å². The molecule has 0 aromatic carbocycles. The number of nitrogen functional groups attached to an aromatic ring is 1. The fourth-order valence-corrected chi connectivity index (χ4v) is 3.02. The van der Waals surface area contributed by atoms with Crippen LogP contribution < -0.4 is 16.6 Å². The molecule has 2 rings (SSSR count). The average Bonchev–Trinajstić information content (AvgIpc) is 2.47. The van der Waals surface area contributed by atoms with Gasteiger partial charge in [0.25, 0.3) is 5.91 Å². The van der Waals surface area contributed by atoms with E-state index in [0.717, 1.165) is 6.42 Å². The van der Waals surface area contributed by atoms with Crippen LogP contribution in [0, 0.1) is 11.8 Å². The van der Waals surface area contributed by atoms with Crippen molar-refractivity contribution in [3.8, 4) is 0 Å². The zero-order valence-corrected chi connectivity index (χ0v) is 12.2. The molecule has 0 aliphatic heterocycles. The largest absolute Gasteiger partial charge is 0.348 e. The van der Waals surface area contributed by atoms with E-state index in [-0.39, 0.29) is 11.9 Å². The Morgan fingerprint density at radius 1 is 1.35 bits per heavy atom. The Kier molecular flexibility index (Phi) is 4.95. The molecule has 1 heterocycles. The van der Waals surface area contributed by atoms with Crippen molar-refractivity contribution in [3.05, 3.63) is 23.9 Å². The Morgan fingerprint density at radius 2 is 2.10 bits per heavy atom. The zero-order chi connectivity index (χ0) is 14.5. The number of hydrogen-bond acceptors (Lipinski definition) is 4. The van der Waals surface area contributed by atoms with E-state index in [2.05, 4.69) is 29.6 Å². The lowest BCUT2D eigenvalue weighted by Gasteiger charge is -2.34. The van der Waals surface area contributed by atoms with Crippen molar-refractivity contribution >= 4 is 11.7 Å². The highest BCUT2D eigenvalue weighted by molar-refractivity contribution is 5.92. The molecule has 0 radical (unpaired) electrons. The molecule has 4 N–H and O–H groups in total. The summed E-state index contributed by atoms with van der Waals surface area (Å²) in [6.45, 7) is 4.46. The van der Waals surface area contributed by atoms with Crippen molar-refractivity contribution in [2.45, 2.75) is 45.6 Å². The van der Waals surface area contributed by atoms with Crippen LogP contribution in [0.15, 0.2) is 18.2 Å². The first-order valence-electron chi connectivity index (χ1n) is 7.36. The maximum atomic E-state index is 12.3.